The fourth-order valence-corrected chi connectivity index (χ4v) is 3.76. The van der Waals surface area contributed by atoms with Gasteiger partial charge in [-0.25, -0.2) is 0 Å². The fraction of sp³-hybridized carbons (Fsp3) is 0.304. The van der Waals surface area contributed by atoms with Gasteiger partial charge in [0.1, 0.15) is 0 Å². The van der Waals surface area contributed by atoms with E-state index in [1.165, 1.54) is 0 Å². The molecule has 1 aliphatic carbocycles. The summed E-state index contributed by atoms with van der Waals surface area (Å²) in [5, 5.41) is 26.2. The number of hydrogen-bond donors (Lipinski definition) is 2. The van der Waals surface area contributed by atoms with Crippen LogP contribution in [0.15, 0.2) is 36.4 Å². The summed E-state index contributed by atoms with van der Waals surface area (Å²) >= 11 is 0. The summed E-state index contributed by atoms with van der Waals surface area (Å²) in [7, 11) is 1.92. The molecule has 154 valence electrons. The normalized spacial score (nSPS) is 11.5. The molecule has 0 spiro atoms. The largest absolute Gasteiger partial charge is 0.490 e. The highest BCUT2D eigenvalue weighted by Gasteiger charge is 2.29. The average Bonchev–Trinajstić information content (AvgIpc) is 3.26. The second-order valence-electron chi connectivity index (χ2n) is 7.11. The van der Waals surface area contributed by atoms with Crippen LogP contribution in [0, 0.1) is 11.3 Å². The first-order valence-corrected chi connectivity index (χ1v) is 10.0. The van der Waals surface area contributed by atoms with Crippen molar-refractivity contribution < 1.29 is 14.6 Å². The summed E-state index contributed by atoms with van der Waals surface area (Å²) in [5.41, 5.74) is 5.80. The number of aromatic nitrogens is 2. The van der Waals surface area contributed by atoms with Gasteiger partial charge in [0, 0.05) is 43.3 Å². The Bertz CT molecular complexity index is 1110. The van der Waals surface area contributed by atoms with Crippen LogP contribution in [-0.2, 0) is 13.5 Å². The lowest BCUT2D eigenvalue weighted by molar-refractivity contribution is 0.225. The second-order valence-corrected chi connectivity index (χ2v) is 7.11. The third kappa shape index (κ3) is 3.70. The SMILES string of the molecule is CCOc1cc2c(cc1OCCCO)-c1c(c(Nc3cccc(C#N)c3)nn1C)C2. The molecule has 1 aromatic heterocycles. The van der Waals surface area contributed by atoms with E-state index in [0.717, 1.165) is 40.3 Å². The highest BCUT2D eigenvalue weighted by Crippen LogP contribution is 2.45. The van der Waals surface area contributed by atoms with Crippen molar-refractivity contribution in [2.45, 2.75) is 19.8 Å². The lowest BCUT2D eigenvalue weighted by atomic mass is 10.1. The van der Waals surface area contributed by atoms with Crippen molar-refractivity contribution >= 4 is 11.5 Å². The Kier molecular flexibility index (Phi) is 5.59. The lowest BCUT2D eigenvalue weighted by Crippen LogP contribution is -2.04. The zero-order chi connectivity index (χ0) is 21.1. The van der Waals surface area contributed by atoms with Crippen molar-refractivity contribution in [3.63, 3.8) is 0 Å². The molecule has 4 rings (SSSR count). The smallest absolute Gasteiger partial charge is 0.161 e. The van der Waals surface area contributed by atoms with E-state index >= 15 is 0 Å². The van der Waals surface area contributed by atoms with Gasteiger partial charge < -0.3 is 19.9 Å². The molecule has 2 N–H and O–H groups in total. The highest BCUT2D eigenvalue weighted by molar-refractivity contribution is 5.82. The molecule has 0 saturated heterocycles. The third-order valence-corrected chi connectivity index (χ3v) is 5.05. The van der Waals surface area contributed by atoms with Crippen LogP contribution in [0.25, 0.3) is 11.3 Å². The quantitative estimate of drug-likeness (QED) is 0.434. The molecule has 0 saturated carbocycles. The van der Waals surface area contributed by atoms with Crippen LogP contribution in [0.2, 0.25) is 0 Å². The number of anilines is 2. The predicted octanol–water partition coefficient (Wildman–Crippen LogP) is 3.77. The Morgan fingerprint density at radius 3 is 2.83 bits per heavy atom. The first kappa shape index (κ1) is 19.8. The van der Waals surface area contributed by atoms with Crippen LogP contribution in [0.5, 0.6) is 11.5 Å². The van der Waals surface area contributed by atoms with E-state index in [2.05, 4.69) is 16.5 Å². The van der Waals surface area contributed by atoms with E-state index in [1.807, 2.05) is 49.0 Å². The molecule has 30 heavy (non-hydrogen) atoms. The van der Waals surface area contributed by atoms with Crippen LogP contribution in [0.3, 0.4) is 0 Å². The molecule has 0 bridgehead atoms. The molecule has 0 atom stereocenters. The summed E-state index contributed by atoms with van der Waals surface area (Å²) in [4.78, 5) is 0. The minimum absolute atomic E-state index is 0.0861. The average molecular weight is 404 g/mol. The number of benzene rings is 2. The molecule has 2 aromatic carbocycles. The zero-order valence-corrected chi connectivity index (χ0v) is 17.1. The van der Waals surface area contributed by atoms with Crippen LogP contribution in [0.4, 0.5) is 11.5 Å². The second kappa shape index (κ2) is 8.47. The van der Waals surface area contributed by atoms with Gasteiger partial charge in [-0.3, -0.25) is 4.68 Å². The summed E-state index contributed by atoms with van der Waals surface area (Å²) in [6, 6.07) is 13.6. The van der Waals surface area contributed by atoms with E-state index in [1.54, 1.807) is 6.07 Å². The number of aliphatic hydroxyl groups excluding tert-OH is 1. The molecule has 0 aliphatic heterocycles. The molecule has 1 heterocycles. The summed E-state index contributed by atoms with van der Waals surface area (Å²) < 4.78 is 13.5. The van der Waals surface area contributed by atoms with Gasteiger partial charge in [-0.15, -0.1) is 0 Å². The van der Waals surface area contributed by atoms with Crippen molar-refractivity contribution in [2.75, 3.05) is 25.1 Å². The molecule has 0 radical (unpaired) electrons. The predicted molar refractivity (Wildman–Crippen MR) is 114 cm³/mol. The van der Waals surface area contributed by atoms with Crippen LogP contribution in [-0.4, -0.2) is 34.7 Å². The van der Waals surface area contributed by atoms with Gasteiger partial charge in [-0.05, 0) is 42.8 Å². The molecule has 3 aromatic rings. The molecule has 0 fully saturated rings. The highest BCUT2D eigenvalue weighted by atomic mass is 16.5. The Balaban J connectivity index is 1.69. The summed E-state index contributed by atoms with van der Waals surface area (Å²) in [5.74, 6) is 2.17. The van der Waals surface area contributed by atoms with Crippen molar-refractivity contribution in [2.24, 2.45) is 7.05 Å². The van der Waals surface area contributed by atoms with Gasteiger partial charge in [-0.1, -0.05) is 6.07 Å². The summed E-state index contributed by atoms with van der Waals surface area (Å²) in [6.07, 6.45) is 1.30. The van der Waals surface area contributed by atoms with Crippen LogP contribution in [0.1, 0.15) is 30.0 Å². The van der Waals surface area contributed by atoms with Crippen molar-refractivity contribution in [1.82, 2.24) is 9.78 Å². The number of aryl methyl sites for hydroxylation is 1. The molecule has 7 nitrogen and oxygen atoms in total. The Morgan fingerprint density at radius 1 is 1.23 bits per heavy atom. The maximum absolute atomic E-state index is 9.14. The van der Waals surface area contributed by atoms with Crippen molar-refractivity contribution in [3.8, 4) is 28.8 Å². The van der Waals surface area contributed by atoms with Crippen LogP contribution < -0.4 is 14.8 Å². The fourth-order valence-electron chi connectivity index (χ4n) is 3.76. The Hall–Kier alpha value is -3.50. The number of hydrogen-bond acceptors (Lipinski definition) is 6. The van der Waals surface area contributed by atoms with Gasteiger partial charge in [0.2, 0.25) is 0 Å². The topological polar surface area (TPSA) is 92.3 Å². The molecular weight excluding hydrogens is 380 g/mol. The minimum Gasteiger partial charge on any atom is -0.490 e. The van der Waals surface area contributed by atoms with E-state index in [9.17, 15) is 0 Å². The van der Waals surface area contributed by atoms with Gasteiger partial charge in [0.25, 0.3) is 0 Å². The lowest BCUT2D eigenvalue weighted by Gasteiger charge is -2.14. The standard InChI is InChI=1S/C23H24N4O3/c1-3-29-20-12-16-11-19-22(18(16)13-21(20)30-9-5-8-28)27(2)26-23(19)25-17-7-4-6-15(10-17)14-24/h4,6-7,10,12-13,28H,3,5,8-9,11H2,1-2H3,(H,25,26). The molecular formula is C23H24N4O3. The number of rotatable bonds is 8. The van der Waals surface area contributed by atoms with E-state index in [-0.39, 0.29) is 6.61 Å². The van der Waals surface area contributed by atoms with Crippen LogP contribution >= 0.6 is 0 Å². The maximum Gasteiger partial charge on any atom is 0.161 e. The van der Waals surface area contributed by atoms with Gasteiger partial charge >= 0.3 is 0 Å². The summed E-state index contributed by atoms with van der Waals surface area (Å²) in [6.45, 7) is 3.00. The maximum atomic E-state index is 9.14. The minimum atomic E-state index is 0.0861. The first-order valence-electron chi connectivity index (χ1n) is 10.0. The molecule has 1 aliphatic rings. The number of aliphatic hydroxyl groups is 1. The Morgan fingerprint density at radius 2 is 2.07 bits per heavy atom. The molecule has 0 amide bonds. The number of nitrogens with one attached hydrogen (secondary N) is 1. The number of ether oxygens (including phenoxy) is 2. The first-order chi connectivity index (χ1) is 14.6. The zero-order valence-electron chi connectivity index (χ0n) is 17.1. The van der Waals surface area contributed by atoms with E-state index in [0.29, 0.717) is 36.7 Å². The number of nitrogens with zero attached hydrogens (tertiary/aromatic N) is 3. The number of fused-ring (bicyclic) bond motifs is 3. The molecule has 0 unspecified atom stereocenters. The van der Waals surface area contributed by atoms with E-state index in [4.69, 9.17) is 19.8 Å². The molecule has 7 heteroatoms. The van der Waals surface area contributed by atoms with Gasteiger partial charge in [-0.2, -0.15) is 10.4 Å². The van der Waals surface area contributed by atoms with Crippen molar-refractivity contribution in [3.05, 3.63) is 53.1 Å². The number of nitriles is 1. The third-order valence-electron chi connectivity index (χ3n) is 5.05. The van der Waals surface area contributed by atoms with E-state index < -0.39 is 0 Å². The monoisotopic (exact) mass is 404 g/mol. The van der Waals surface area contributed by atoms with Gasteiger partial charge in [0.05, 0.1) is 30.5 Å². The Labute approximate surface area is 175 Å². The van der Waals surface area contributed by atoms with Crippen molar-refractivity contribution in [1.29, 1.82) is 5.26 Å². The van der Waals surface area contributed by atoms with Gasteiger partial charge in [0.15, 0.2) is 17.3 Å².